The van der Waals surface area contributed by atoms with E-state index in [9.17, 15) is 9.59 Å². The molecule has 1 heterocycles. The van der Waals surface area contributed by atoms with E-state index in [2.05, 4.69) is 12.0 Å². The first-order valence-electron chi connectivity index (χ1n) is 8.67. The third-order valence-corrected chi connectivity index (χ3v) is 4.81. The fourth-order valence-electron chi connectivity index (χ4n) is 2.42. The summed E-state index contributed by atoms with van der Waals surface area (Å²) in [6, 6.07) is 6.18. The third-order valence-electron chi connectivity index (χ3n) is 4.02. The van der Waals surface area contributed by atoms with E-state index in [1.807, 2.05) is 0 Å². The maximum atomic E-state index is 12.2. The molecule has 0 amide bonds. The van der Waals surface area contributed by atoms with Crippen LogP contribution in [0.3, 0.4) is 0 Å². The molecule has 2 rings (SSSR count). The van der Waals surface area contributed by atoms with Crippen molar-refractivity contribution in [3.05, 3.63) is 50.2 Å². The van der Waals surface area contributed by atoms with Crippen LogP contribution in [-0.2, 0) is 4.74 Å². The number of aromatic nitrogens is 2. The van der Waals surface area contributed by atoms with Crippen LogP contribution in [0.4, 0.5) is 4.79 Å². The van der Waals surface area contributed by atoms with Crippen LogP contribution in [0.5, 0.6) is 0 Å². The molecule has 7 heteroatoms. The summed E-state index contributed by atoms with van der Waals surface area (Å²) < 4.78 is 5.88. The zero-order valence-corrected chi connectivity index (χ0v) is 16.4. The first-order valence-corrected chi connectivity index (χ1v) is 9.43. The van der Waals surface area contributed by atoms with E-state index < -0.39 is 11.7 Å². The van der Waals surface area contributed by atoms with E-state index >= 15 is 0 Å². The van der Waals surface area contributed by atoms with Gasteiger partial charge < -0.3 is 4.74 Å². The highest BCUT2D eigenvalue weighted by Gasteiger charge is 2.13. The predicted octanol–water partition coefficient (Wildman–Crippen LogP) is 5.48. The van der Waals surface area contributed by atoms with Crippen molar-refractivity contribution >= 4 is 29.3 Å². The second-order valence-electron chi connectivity index (χ2n) is 6.06. The minimum Gasteiger partial charge on any atom is -0.448 e. The summed E-state index contributed by atoms with van der Waals surface area (Å²) in [5, 5.41) is 5.07. The van der Waals surface area contributed by atoms with Crippen LogP contribution >= 0.6 is 23.2 Å². The molecule has 0 saturated carbocycles. The van der Waals surface area contributed by atoms with Crippen LogP contribution in [0.1, 0.15) is 44.6 Å². The summed E-state index contributed by atoms with van der Waals surface area (Å²) in [5.74, 6) is 0. The molecule has 0 aliphatic carbocycles. The minimum absolute atomic E-state index is 0.267. The smallest absolute Gasteiger partial charge is 0.438 e. The lowest BCUT2D eigenvalue weighted by Crippen LogP contribution is -2.30. The van der Waals surface area contributed by atoms with Gasteiger partial charge in [0.15, 0.2) is 0 Å². The van der Waals surface area contributed by atoms with Gasteiger partial charge in [-0.1, -0.05) is 55.8 Å². The van der Waals surface area contributed by atoms with Gasteiger partial charge in [0.2, 0.25) is 0 Å². The van der Waals surface area contributed by atoms with Gasteiger partial charge >= 0.3 is 6.09 Å². The predicted molar refractivity (Wildman–Crippen MR) is 104 cm³/mol. The van der Waals surface area contributed by atoms with Crippen molar-refractivity contribution < 1.29 is 9.53 Å². The van der Waals surface area contributed by atoms with E-state index in [1.165, 1.54) is 18.6 Å². The fourth-order valence-corrected chi connectivity index (χ4v) is 2.90. The van der Waals surface area contributed by atoms with E-state index in [0.717, 1.165) is 35.9 Å². The molecule has 0 unspecified atom stereocenters. The van der Waals surface area contributed by atoms with Gasteiger partial charge in [0, 0.05) is 21.7 Å². The first-order chi connectivity index (χ1) is 12.4. The van der Waals surface area contributed by atoms with Crippen LogP contribution in [0.2, 0.25) is 10.0 Å². The highest BCUT2D eigenvalue weighted by molar-refractivity contribution is 6.36. The number of hydrogen-bond acceptors (Lipinski definition) is 4. The van der Waals surface area contributed by atoms with Gasteiger partial charge in [-0.25, -0.2) is 4.79 Å². The van der Waals surface area contributed by atoms with Crippen LogP contribution in [-0.4, -0.2) is 22.5 Å². The normalized spacial score (nSPS) is 10.8. The van der Waals surface area contributed by atoms with Crippen LogP contribution in [0.25, 0.3) is 11.3 Å². The van der Waals surface area contributed by atoms with Crippen molar-refractivity contribution in [2.45, 2.75) is 46.0 Å². The quantitative estimate of drug-likeness (QED) is 0.581. The molecule has 1 aromatic heterocycles. The molecule has 2 aromatic rings. The van der Waals surface area contributed by atoms with Crippen molar-refractivity contribution in [3.8, 4) is 11.3 Å². The molecule has 0 spiro atoms. The Morgan fingerprint density at radius 2 is 1.77 bits per heavy atom. The lowest BCUT2D eigenvalue weighted by atomic mass is 10.1. The molecule has 0 aliphatic heterocycles. The van der Waals surface area contributed by atoms with Crippen molar-refractivity contribution in [1.29, 1.82) is 0 Å². The van der Waals surface area contributed by atoms with E-state index in [1.54, 1.807) is 19.1 Å². The van der Waals surface area contributed by atoms with Gasteiger partial charge in [-0.15, -0.1) is 4.68 Å². The number of ether oxygens (including phenoxy) is 1. The Kier molecular flexibility index (Phi) is 7.66. The number of hydrogen-bond donors (Lipinski definition) is 0. The van der Waals surface area contributed by atoms with Crippen molar-refractivity contribution in [3.63, 3.8) is 0 Å². The molecule has 0 fully saturated rings. The Morgan fingerprint density at radius 1 is 1.12 bits per heavy atom. The molecule has 1 aromatic carbocycles. The summed E-state index contributed by atoms with van der Waals surface area (Å²) in [6.45, 7) is 4.21. The second kappa shape index (κ2) is 9.74. The highest BCUT2D eigenvalue weighted by Crippen LogP contribution is 2.29. The van der Waals surface area contributed by atoms with Gasteiger partial charge in [0.1, 0.15) is 0 Å². The lowest BCUT2D eigenvalue weighted by molar-refractivity contribution is 0.140. The summed E-state index contributed by atoms with van der Waals surface area (Å²) in [7, 11) is 0. The summed E-state index contributed by atoms with van der Waals surface area (Å²) >= 11 is 12.3. The minimum atomic E-state index is -0.781. The first kappa shape index (κ1) is 20.5. The van der Waals surface area contributed by atoms with E-state index in [4.69, 9.17) is 27.9 Å². The number of benzene rings is 1. The number of carbonyl (C=O) groups excluding carboxylic acids is 1. The SMILES string of the molecule is CCCCCCCOC(=O)n1nc(-c2cc(Cl)c(C)c(Cl)c2)ccc1=O. The summed E-state index contributed by atoms with van der Waals surface area (Å²) in [4.78, 5) is 24.1. The molecule has 140 valence electrons. The number of nitrogens with zero attached hydrogens (tertiary/aromatic N) is 2. The van der Waals surface area contributed by atoms with E-state index in [-0.39, 0.29) is 6.61 Å². The Bertz CT molecular complexity index is 811. The molecular weight excluding hydrogens is 375 g/mol. The zero-order chi connectivity index (χ0) is 19.1. The maximum Gasteiger partial charge on any atom is 0.438 e. The zero-order valence-electron chi connectivity index (χ0n) is 14.9. The molecule has 0 radical (unpaired) electrons. The molecule has 0 N–H and O–H groups in total. The highest BCUT2D eigenvalue weighted by atomic mass is 35.5. The topological polar surface area (TPSA) is 61.2 Å². The number of halogens is 2. The average molecular weight is 397 g/mol. The van der Waals surface area contributed by atoms with Gasteiger partial charge in [0.05, 0.1) is 12.3 Å². The van der Waals surface area contributed by atoms with Gasteiger partial charge in [-0.3, -0.25) is 4.79 Å². The number of rotatable bonds is 7. The lowest BCUT2D eigenvalue weighted by Gasteiger charge is -2.09. The van der Waals surface area contributed by atoms with E-state index in [0.29, 0.717) is 21.3 Å². The monoisotopic (exact) mass is 396 g/mol. The van der Waals surface area contributed by atoms with Crippen molar-refractivity contribution in [2.75, 3.05) is 6.61 Å². The number of unbranched alkanes of at least 4 members (excludes halogenated alkanes) is 4. The van der Waals surface area contributed by atoms with Crippen molar-refractivity contribution in [2.24, 2.45) is 0 Å². The molecule has 0 saturated heterocycles. The van der Waals surface area contributed by atoms with Crippen molar-refractivity contribution in [1.82, 2.24) is 9.78 Å². The third kappa shape index (κ3) is 5.32. The standard InChI is InChI=1S/C19H22Cl2N2O3/c1-3-4-5-6-7-10-26-19(25)23-18(24)9-8-17(22-23)14-11-15(20)13(2)16(21)12-14/h8-9,11-12H,3-7,10H2,1-2H3. The molecule has 0 atom stereocenters. The summed E-state index contributed by atoms with van der Waals surface area (Å²) in [5.41, 5.74) is 1.24. The average Bonchev–Trinajstić information content (AvgIpc) is 2.62. The second-order valence-corrected chi connectivity index (χ2v) is 6.88. The van der Waals surface area contributed by atoms with Crippen LogP contribution < -0.4 is 5.56 Å². The summed E-state index contributed by atoms with van der Waals surface area (Å²) in [6.07, 6.45) is 4.40. The van der Waals surface area contributed by atoms with Crippen LogP contribution in [0.15, 0.2) is 29.1 Å². The Hall–Kier alpha value is -1.85. The molecular formula is C19H22Cl2N2O3. The van der Waals surface area contributed by atoms with Gasteiger partial charge in [-0.2, -0.15) is 5.10 Å². The maximum absolute atomic E-state index is 12.2. The van der Waals surface area contributed by atoms with Gasteiger partial charge in [-0.05, 0) is 37.1 Å². The molecule has 26 heavy (non-hydrogen) atoms. The Balaban J connectivity index is 2.12. The molecule has 0 aliphatic rings. The Labute approximate surface area is 162 Å². The number of carbonyl (C=O) groups is 1. The van der Waals surface area contributed by atoms with Crippen LogP contribution in [0, 0.1) is 6.92 Å². The molecule has 0 bridgehead atoms. The fraction of sp³-hybridized carbons (Fsp3) is 0.421. The van der Waals surface area contributed by atoms with Gasteiger partial charge in [0.25, 0.3) is 5.56 Å². The Morgan fingerprint density at radius 3 is 2.42 bits per heavy atom. The molecule has 5 nitrogen and oxygen atoms in total. The largest absolute Gasteiger partial charge is 0.448 e.